The molecule has 0 aromatic heterocycles. The Kier molecular flexibility index (Phi) is 11.1. The lowest BCUT2D eigenvalue weighted by Gasteiger charge is -2.31. The molecule has 0 saturated carbocycles. The first-order chi connectivity index (χ1) is 6.48. The third-order valence-corrected chi connectivity index (χ3v) is 3.30. The Labute approximate surface area is 103 Å². The Morgan fingerprint density at radius 3 is 1.80 bits per heavy atom. The maximum absolute atomic E-state index is 2.37. The number of rotatable bonds is 8. The minimum absolute atomic E-state index is 0. The molecule has 1 unspecified atom stereocenters. The van der Waals surface area contributed by atoms with E-state index in [0.717, 1.165) is 10.5 Å². The van der Waals surface area contributed by atoms with Crippen molar-refractivity contribution in [3.8, 4) is 0 Å². The molecule has 1 nitrogen and oxygen atoms in total. The van der Waals surface area contributed by atoms with Crippen LogP contribution >= 0.6 is 0 Å². The van der Waals surface area contributed by atoms with Gasteiger partial charge in [-0.25, -0.2) is 0 Å². The zero-order chi connectivity index (χ0) is 11.0. The van der Waals surface area contributed by atoms with Gasteiger partial charge in [0.15, 0.2) is 0 Å². The third kappa shape index (κ3) is 10.5. The van der Waals surface area contributed by atoms with Crippen LogP contribution in [0.1, 0.15) is 58.8 Å². The summed E-state index contributed by atoms with van der Waals surface area (Å²) >= 11 is 0. The average Bonchev–Trinajstić information content (AvgIpc) is 2.09. The molecule has 0 amide bonds. The minimum Gasteiger partial charge on any atom is -1.00 e. The van der Waals surface area contributed by atoms with Crippen LogP contribution in [0.5, 0.6) is 0 Å². The molecule has 0 aliphatic heterocycles. The smallest absolute Gasteiger partial charge is 0.0855 e. The molecule has 15 heavy (non-hydrogen) atoms. The highest BCUT2D eigenvalue weighted by Gasteiger charge is 2.16. The molecule has 1 atom stereocenters. The molecule has 0 bridgehead atoms. The van der Waals surface area contributed by atoms with E-state index in [1.165, 1.54) is 44.9 Å². The summed E-state index contributed by atoms with van der Waals surface area (Å²) in [4.78, 5) is 0. The summed E-state index contributed by atoms with van der Waals surface area (Å²) < 4.78 is 1.11. The van der Waals surface area contributed by atoms with E-state index in [0.29, 0.717) is 0 Å². The fourth-order valence-electron chi connectivity index (χ4n) is 1.61. The Bertz CT molecular complexity index is 129. The lowest BCUT2D eigenvalue weighted by Crippen LogP contribution is -3.00. The zero-order valence-corrected chi connectivity index (χ0v) is 12.1. The van der Waals surface area contributed by atoms with Crippen LogP contribution in [0.3, 0.4) is 0 Å². The quantitative estimate of drug-likeness (QED) is 0.432. The van der Waals surface area contributed by atoms with Crippen molar-refractivity contribution in [2.75, 3.05) is 21.1 Å². The van der Waals surface area contributed by atoms with Crippen LogP contribution in [-0.4, -0.2) is 31.7 Å². The van der Waals surface area contributed by atoms with Crippen molar-refractivity contribution < 1.29 is 16.9 Å². The molecule has 0 N–H and O–H groups in total. The molecule has 2 heteroatoms. The number of quaternary nitrogens is 1. The van der Waals surface area contributed by atoms with E-state index < -0.39 is 0 Å². The van der Waals surface area contributed by atoms with E-state index in [1.807, 2.05) is 0 Å². The maximum atomic E-state index is 2.37. The van der Waals surface area contributed by atoms with Gasteiger partial charge in [-0.3, -0.25) is 0 Å². The van der Waals surface area contributed by atoms with Crippen LogP contribution in [-0.2, 0) is 0 Å². The van der Waals surface area contributed by atoms with Crippen molar-refractivity contribution in [1.29, 1.82) is 0 Å². The summed E-state index contributed by atoms with van der Waals surface area (Å²) in [7, 11) is 6.88. The molecular formula is C13H30ClN. The van der Waals surface area contributed by atoms with Crippen LogP contribution in [0, 0.1) is 0 Å². The number of unbranched alkanes of at least 4 members (excludes halogenated alkanes) is 5. The molecule has 0 fully saturated rings. The summed E-state index contributed by atoms with van der Waals surface area (Å²) in [6.45, 7) is 4.64. The Hall–Kier alpha value is 0.250. The van der Waals surface area contributed by atoms with Gasteiger partial charge in [0.2, 0.25) is 0 Å². The molecule has 0 radical (unpaired) electrons. The first-order valence-corrected chi connectivity index (χ1v) is 6.29. The van der Waals surface area contributed by atoms with E-state index >= 15 is 0 Å². The molecule has 0 spiro atoms. The van der Waals surface area contributed by atoms with E-state index in [4.69, 9.17) is 0 Å². The molecule has 0 aromatic carbocycles. The third-order valence-electron chi connectivity index (χ3n) is 3.30. The van der Waals surface area contributed by atoms with Crippen molar-refractivity contribution in [3.05, 3.63) is 0 Å². The summed E-state index contributed by atoms with van der Waals surface area (Å²) in [6, 6.07) is 0.807. The molecule has 0 rings (SSSR count). The number of hydrogen-bond donors (Lipinski definition) is 0. The van der Waals surface area contributed by atoms with Crippen LogP contribution in [0.15, 0.2) is 0 Å². The van der Waals surface area contributed by atoms with Crippen molar-refractivity contribution in [1.82, 2.24) is 0 Å². The van der Waals surface area contributed by atoms with Crippen LogP contribution < -0.4 is 12.4 Å². The molecule has 0 aromatic rings. The summed E-state index contributed by atoms with van der Waals surface area (Å²) in [6.07, 6.45) is 9.90. The standard InChI is InChI=1S/C13H30N.ClH/c1-6-7-8-9-10-11-12-13(2)14(3,4)5;/h13H,6-12H2,1-5H3;1H/q+1;/p-1. The summed E-state index contributed by atoms with van der Waals surface area (Å²) in [5, 5.41) is 0. The highest BCUT2D eigenvalue weighted by atomic mass is 35.5. The Balaban J connectivity index is 0. The summed E-state index contributed by atoms with van der Waals surface area (Å²) in [5.41, 5.74) is 0. The molecule has 94 valence electrons. The highest BCUT2D eigenvalue weighted by molar-refractivity contribution is 4.51. The monoisotopic (exact) mass is 235 g/mol. The topological polar surface area (TPSA) is 0 Å². The lowest BCUT2D eigenvalue weighted by molar-refractivity contribution is -0.894. The number of nitrogens with zero attached hydrogens (tertiary/aromatic N) is 1. The van der Waals surface area contributed by atoms with Crippen molar-refractivity contribution in [2.24, 2.45) is 0 Å². The van der Waals surface area contributed by atoms with E-state index in [1.54, 1.807) is 0 Å². The second-order valence-corrected chi connectivity index (χ2v) is 5.52. The van der Waals surface area contributed by atoms with Crippen molar-refractivity contribution >= 4 is 0 Å². The minimum atomic E-state index is 0. The van der Waals surface area contributed by atoms with Crippen LogP contribution in [0.4, 0.5) is 0 Å². The lowest BCUT2D eigenvalue weighted by atomic mass is 10.1. The van der Waals surface area contributed by atoms with Gasteiger partial charge in [-0.2, -0.15) is 0 Å². The number of hydrogen-bond acceptors (Lipinski definition) is 0. The second-order valence-electron chi connectivity index (χ2n) is 5.52. The van der Waals surface area contributed by atoms with Gasteiger partial charge < -0.3 is 16.9 Å². The van der Waals surface area contributed by atoms with Crippen LogP contribution in [0.2, 0.25) is 0 Å². The largest absolute Gasteiger partial charge is 1.00 e. The number of halogens is 1. The van der Waals surface area contributed by atoms with E-state index in [9.17, 15) is 0 Å². The van der Waals surface area contributed by atoms with Gasteiger partial charge in [0.05, 0.1) is 27.2 Å². The predicted molar refractivity (Wildman–Crippen MR) is 65.5 cm³/mol. The van der Waals surface area contributed by atoms with Gasteiger partial charge in [0.1, 0.15) is 0 Å². The first-order valence-electron chi connectivity index (χ1n) is 6.29. The van der Waals surface area contributed by atoms with Gasteiger partial charge in [0.25, 0.3) is 0 Å². The van der Waals surface area contributed by atoms with Gasteiger partial charge in [-0.15, -0.1) is 0 Å². The Morgan fingerprint density at radius 1 is 0.867 bits per heavy atom. The molecule has 0 aliphatic carbocycles. The highest BCUT2D eigenvalue weighted by Crippen LogP contribution is 2.13. The average molecular weight is 236 g/mol. The van der Waals surface area contributed by atoms with E-state index in [-0.39, 0.29) is 12.4 Å². The second kappa shape index (κ2) is 9.47. The van der Waals surface area contributed by atoms with Crippen molar-refractivity contribution in [2.45, 2.75) is 64.8 Å². The fourth-order valence-corrected chi connectivity index (χ4v) is 1.61. The van der Waals surface area contributed by atoms with E-state index in [2.05, 4.69) is 35.0 Å². The summed E-state index contributed by atoms with van der Waals surface area (Å²) in [5.74, 6) is 0. The zero-order valence-electron chi connectivity index (χ0n) is 11.4. The molecule has 0 aliphatic rings. The van der Waals surface area contributed by atoms with Crippen LogP contribution in [0.25, 0.3) is 0 Å². The van der Waals surface area contributed by atoms with Gasteiger partial charge in [-0.1, -0.05) is 39.0 Å². The molecule has 0 heterocycles. The molecule has 0 saturated heterocycles. The fraction of sp³-hybridized carbons (Fsp3) is 1.00. The predicted octanol–water partition coefficient (Wildman–Crippen LogP) is 0.836. The van der Waals surface area contributed by atoms with Gasteiger partial charge in [0, 0.05) is 0 Å². The first kappa shape index (κ1) is 17.6. The SMILES string of the molecule is CCCCCCCCC(C)[N+](C)(C)C.[Cl-]. The van der Waals surface area contributed by atoms with Gasteiger partial charge >= 0.3 is 0 Å². The molecular weight excluding hydrogens is 206 g/mol. The normalized spacial score (nSPS) is 13.4. The Morgan fingerprint density at radius 2 is 1.33 bits per heavy atom. The van der Waals surface area contributed by atoms with Crippen molar-refractivity contribution in [3.63, 3.8) is 0 Å². The maximum Gasteiger partial charge on any atom is 0.0855 e. The van der Waals surface area contributed by atoms with Gasteiger partial charge in [-0.05, 0) is 19.8 Å².